The maximum absolute atomic E-state index is 11.5. The maximum Gasteiger partial charge on any atom is 0.237 e. The lowest BCUT2D eigenvalue weighted by Crippen LogP contribution is -2.25. The van der Waals surface area contributed by atoms with E-state index < -0.39 is 0 Å². The van der Waals surface area contributed by atoms with Crippen molar-refractivity contribution < 1.29 is 4.79 Å². The molecule has 1 N–H and O–H groups in total. The van der Waals surface area contributed by atoms with Gasteiger partial charge in [0.1, 0.15) is 0 Å². The van der Waals surface area contributed by atoms with Crippen LogP contribution in [0.3, 0.4) is 0 Å². The second-order valence-corrected chi connectivity index (χ2v) is 3.84. The van der Waals surface area contributed by atoms with Gasteiger partial charge >= 0.3 is 0 Å². The summed E-state index contributed by atoms with van der Waals surface area (Å²) >= 11 is 3.82. The first-order valence-corrected chi connectivity index (χ1v) is 5.29. The summed E-state index contributed by atoms with van der Waals surface area (Å²) in [7, 11) is 0. The summed E-state index contributed by atoms with van der Waals surface area (Å²) in [6.45, 7) is 0. The van der Waals surface area contributed by atoms with Crippen molar-refractivity contribution >= 4 is 18.7 Å². The molecule has 74 valence electrons. The van der Waals surface area contributed by atoms with Crippen LogP contribution in [-0.4, -0.2) is 5.91 Å². The number of thiol groups is 1. The van der Waals surface area contributed by atoms with Crippen molar-refractivity contribution in [2.24, 2.45) is 0 Å². The van der Waals surface area contributed by atoms with Gasteiger partial charge in [0.2, 0.25) is 5.91 Å². The van der Waals surface area contributed by atoms with Gasteiger partial charge in [-0.05, 0) is 30.4 Å². The topological polar surface area (TPSA) is 29.1 Å². The molecule has 1 atom stereocenters. The zero-order chi connectivity index (χ0) is 9.97. The molecule has 0 saturated heterocycles. The monoisotopic (exact) mass is 207 g/mol. The highest BCUT2D eigenvalue weighted by atomic mass is 32.1. The van der Waals surface area contributed by atoms with Crippen molar-refractivity contribution in [1.29, 1.82) is 0 Å². The fourth-order valence-corrected chi connectivity index (χ4v) is 2.26. The number of hydrogen-bond donors (Lipinski definition) is 2. The third kappa shape index (κ3) is 1.64. The Morgan fingerprint density at radius 1 is 1.43 bits per heavy atom. The Labute approximate surface area is 89.3 Å². The Balaban J connectivity index is 2.35. The number of aryl methyl sites for hydroxylation is 1. The number of carbonyl (C=O) groups excluding carboxylic acids is 1. The molecule has 1 aliphatic carbocycles. The predicted molar refractivity (Wildman–Crippen MR) is 59.2 cm³/mol. The molecule has 1 amide bonds. The van der Waals surface area contributed by atoms with E-state index in [-0.39, 0.29) is 11.8 Å². The van der Waals surface area contributed by atoms with E-state index in [0.29, 0.717) is 0 Å². The Hall–Kier alpha value is -0.960. The SMILES string of the molecule is O=C(NS)C1CCCc2ccccc21. The Morgan fingerprint density at radius 3 is 3.00 bits per heavy atom. The van der Waals surface area contributed by atoms with Crippen LogP contribution in [0, 0.1) is 0 Å². The molecule has 0 radical (unpaired) electrons. The van der Waals surface area contributed by atoms with Gasteiger partial charge in [-0.25, -0.2) is 0 Å². The summed E-state index contributed by atoms with van der Waals surface area (Å²) in [5, 5.41) is 0. The molecule has 1 unspecified atom stereocenters. The summed E-state index contributed by atoms with van der Waals surface area (Å²) in [6, 6.07) is 8.16. The maximum atomic E-state index is 11.5. The van der Waals surface area contributed by atoms with Gasteiger partial charge in [0.05, 0.1) is 5.92 Å². The van der Waals surface area contributed by atoms with Crippen LogP contribution in [-0.2, 0) is 11.2 Å². The first-order chi connectivity index (χ1) is 6.83. The van der Waals surface area contributed by atoms with E-state index in [2.05, 4.69) is 23.6 Å². The largest absolute Gasteiger partial charge is 0.302 e. The molecule has 3 heteroatoms. The predicted octanol–water partition coefficient (Wildman–Crippen LogP) is 2.07. The lowest BCUT2D eigenvalue weighted by Gasteiger charge is -2.23. The highest BCUT2D eigenvalue weighted by Crippen LogP contribution is 2.31. The van der Waals surface area contributed by atoms with Crippen LogP contribution in [0.5, 0.6) is 0 Å². The molecule has 0 heterocycles. The lowest BCUT2D eigenvalue weighted by molar-refractivity contribution is -0.120. The molecule has 0 aliphatic heterocycles. The van der Waals surface area contributed by atoms with Crippen molar-refractivity contribution in [2.75, 3.05) is 0 Å². The van der Waals surface area contributed by atoms with Crippen molar-refractivity contribution in [1.82, 2.24) is 4.72 Å². The van der Waals surface area contributed by atoms with Crippen LogP contribution in [0.1, 0.15) is 29.9 Å². The van der Waals surface area contributed by atoms with Gasteiger partial charge < -0.3 is 4.72 Å². The number of rotatable bonds is 1. The van der Waals surface area contributed by atoms with Gasteiger partial charge in [-0.2, -0.15) is 0 Å². The standard InChI is InChI=1S/C11H13NOS/c13-11(12-14)10-7-3-5-8-4-1-2-6-9(8)10/h1-2,4,6,10,14H,3,5,7H2,(H,12,13). The zero-order valence-corrected chi connectivity index (χ0v) is 8.76. The minimum absolute atomic E-state index is 0.00236. The van der Waals surface area contributed by atoms with Gasteiger partial charge in [-0.15, -0.1) is 0 Å². The second kappa shape index (κ2) is 4.05. The van der Waals surface area contributed by atoms with Crippen molar-refractivity contribution in [3.05, 3.63) is 35.4 Å². The van der Waals surface area contributed by atoms with Crippen LogP contribution in [0.4, 0.5) is 0 Å². The zero-order valence-electron chi connectivity index (χ0n) is 7.86. The Morgan fingerprint density at radius 2 is 2.21 bits per heavy atom. The summed E-state index contributed by atoms with van der Waals surface area (Å²) in [5.41, 5.74) is 2.48. The molecule has 2 nitrogen and oxygen atoms in total. The quantitative estimate of drug-likeness (QED) is 0.678. The minimum atomic E-state index is -0.00236. The van der Waals surface area contributed by atoms with Crippen LogP contribution in [0.2, 0.25) is 0 Å². The van der Waals surface area contributed by atoms with E-state index >= 15 is 0 Å². The molecule has 0 fully saturated rings. The van der Waals surface area contributed by atoms with Gasteiger partial charge in [0, 0.05) is 0 Å². The van der Waals surface area contributed by atoms with Crippen molar-refractivity contribution in [3.8, 4) is 0 Å². The highest BCUT2D eigenvalue weighted by Gasteiger charge is 2.25. The van der Waals surface area contributed by atoms with E-state index in [4.69, 9.17) is 0 Å². The highest BCUT2D eigenvalue weighted by molar-refractivity contribution is 7.78. The van der Waals surface area contributed by atoms with E-state index in [1.807, 2.05) is 18.2 Å². The normalized spacial score (nSPS) is 19.9. The van der Waals surface area contributed by atoms with Gasteiger partial charge in [0.15, 0.2) is 0 Å². The molecular formula is C11H13NOS. The van der Waals surface area contributed by atoms with Crippen molar-refractivity contribution in [2.45, 2.75) is 25.2 Å². The van der Waals surface area contributed by atoms with Crippen molar-refractivity contribution in [3.63, 3.8) is 0 Å². The third-order valence-corrected chi connectivity index (χ3v) is 3.02. The Kier molecular flexibility index (Phi) is 2.77. The molecule has 0 saturated carbocycles. The first kappa shape index (κ1) is 9.59. The number of carbonyl (C=O) groups is 1. The molecule has 2 rings (SSSR count). The summed E-state index contributed by atoms with van der Waals surface area (Å²) in [4.78, 5) is 11.5. The van der Waals surface area contributed by atoms with E-state index in [1.165, 1.54) is 11.1 Å². The van der Waals surface area contributed by atoms with Crippen LogP contribution in [0.25, 0.3) is 0 Å². The van der Waals surface area contributed by atoms with Gasteiger partial charge in [-0.1, -0.05) is 37.1 Å². The Bertz CT molecular complexity index is 351. The lowest BCUT2D eigenvalue weighted by atomic mass is 9.82. The summed E-state index contributed by atoms with van der Waals surface area (Å²) < 4.78 is 2.43. The molecule has 1 aromatic carbocycles. The number of fused-ring (bicyclic) bond motifs is 1. The molecule has 0 aromatic heterocycles. The molecule has 0 bridgehead atoms. The average Bonchev–Trinajstić information content (AvgIpc) is 2.27. The number of amides is 1. The third-order valence-electron chi connectivity index (χ3n) is 2.80. The van der Waals surface area contributed by atoms with E-state index in [0.717, 1.165) is 19.3 Å². The van der Waals surface area contributed by atoms with E-state index in [1.54, 1.807) is 0 Å². The smallest absolute Gasteiger partial charge is 0.237 e. The van der Waals surface area contributed by atoms with E-state index in [9.17, 15) is 4.79 Å². The summed E-state index contributed by atoms with van der Waals surface area (Å²) in [6.07, 6.45) is 3.11. The fourth-order valence-electron chi connectivity index (χ4n) is 2.10. The van der Waals surface area contributed by atoms with Gasteiger partial charge in [-0.3, -0.25) is 4.79 Å². The first-order valence-electron chi connectivity index (χ1n) is 4.84. The van der Waals surface area contributed by atoms with Gasteiger partial charge in [0.25, 0.3) is 0 Å². The molecular weight excluding hydrogens is 194 g/mol. The van der Waals surface area contributed by atoms with Crippen LogP contribution >= 0.6 is 12.8 Å². The number of benzene rings is 1. The molecule has 0 spiro atoms. The number of nitrogens with one attached hydrogen (secondary N) is 1. The fraction of sp³-hybridized carbons (Fsp3) is 0.364. The number of hydrogen-bond acceptors (Lipinski definition) is 2. The molecule has 14 heavy (non-hydrogen) atoms. The molecule has 1 aliphatic rings. The second-order valence-electron chi connectivity index (χ2n) is 3.62. The van der Waals surface area contributed by atoms with Crippen LogP contribution in [0.15, 0.2) is 24.3 Å². The van der Waals surface area contributed by atoms with Crippen LogP contribution < -0.4 is 4.72 Å². The molecule has 1 aromatic rings. The minimum Gasteiger partial charge on any atom is -0.302 e. The summed E-state index contributed by atoms with van der Waals surface area (Å²) in [5.74, 6) is 0.0120. The average molecular weight is 207 g/mol.